The number of hydrogen-bond donors (Lipinski definition) is 0. The fourth-order valence-corrected chi connectivity index (χ4v) is 2.49. The number of benzene rings is 1. The molecule has 2 aromatic rings. The lowest BCUT2D eigenvalue weighted by Gasteiger charge is -2.23. The quantitative estimate of drug-likeness (QED) is 0.747. The highest BCUT2D eigenvalue weighted by molar-refractivity contribution is 9.09. The largest absolute Gasteiger partial charge is 0.497 e. The number of halogens is 3. The molecule has 20 heavy (non-hydrogen) atoms. The third-order valence-corrected chi connectivity index (χ3v) is 3.32. The number of alkyl halides is 3. The molecule has 0 amide bonds. The molecule has 108 valence electrons. The van der Waals surface area contributed by atoms with Gasteiger partial charge >= 0.3 is 0 Å². The summed E-state index contributed by atoms with van der Waals surface area (Å²) >= 11 is 3.29. The van der Waals surface area contributed by atoms with Crippen LogP contribution in [0.2, 0.25) is 0 Å². The van der Waals surface area contributed by atoms with E-state index in [1.165, 1.54) is 0 Å². The second-order valence-electron chi connectivity index (χ2n) is 4.25. The van der Waals surface area contributed by atoms with Gasteiger partial charge in [0, 0.05) is 23.5 Å². The summed E-state index contributed by atoms with van der Waals surface area (Å²) in [6.07, 6.45) is -0.770. The molecule has 0 bridgehead atoms. The highest BCUT2D eigenvalue weighted by atomic mass is 79.9. The Hall–Kier alpha value is -1.43. The van der Waals surface area contributed by atoms with Gasteiger partial charge in [0.05, 0.1) is 13.7 Å². The number of nitrogens with zero attached hydrogens (tertiary/aromatic N) is 2. The van der Waals surface area contributed by atoms with Gasteiger partial charge in [0.2, 0.25) is 0 Å². The number of anilines is 1. The van der Waals surface area contributed by atoms with Gasteiger partial charge < -0.3 is 9.64 Å². The highest BCUT2D eigenvalue weighted by Gasteiger charge is 2.16. The number of fused-ring (bicyclic) bond motifs is 1. The summed E-state index contributed by atoms with van der Waals surface area (Å²) in [4.78, 5) is 5.86. The molecule has 0 radical (unpaired) electrons. The first kappa shape index (κ1) is 15.0. The van der Waals surface area contributed by atoms with E-state index in [2.05, 4.69) is 20.9 Å². The van der Waals surface area contributed by atoms with Crippen LogP contribution in [0, 0.1) is 0 Å². The van der Waals surface area contributed by atoms with Crippen molar-refractivity contribution in [2.24, 2.45) is 0 Å². The predicted molar refractivity (Wildman–Crippen MR) is 80.3 cm³/mol. The smallest absolute Gasteiger partial charge is 0.255 e. The van der Waals surface area contributed by atoms with E-state index in [4.69, 9.17) is 4.74 Å². The Labute approximate surface area is 124 Å². The van der Waals surface area contributed by atoms with Crippen LogP contribution >= 0.6 is 15.9 Å². The topological polar surface area (TPSA) is 25.4 Å². The molecule has 0 saturated carbocycles. The summed E-state index contributed by atoms with van der Waals surface area (Å²) in [5.41, 5.74) is 0. The standard InChI is InChI=1S/C14H15BrF2N2O/c1-20-11-3-2-10-4-6-18-14(12(10)8-11)19(7-5-15)9-13(16)17/h2-4,6,8,13H,5,7,9H2,1H3. The molecule has 0 aliphatic rings. The van der Waals surface area contributed by atoms with E-state index in [1.807, 2.05) is 24.3 Å². The molecule has 0 saturated heterocycles. The van der Waals surface area contributed by atoms with Crippen molar-refractivity contribution in [3.63, 3.8) is 0 Å². The summed E-state index contributed by atoms with van der Waals surface area (Å²) in [5.74, 6) is 1.24. The molecule has 1 aromatic heterocycles. The van der Waals surface area contributed by atoms with Crippen molar-refractivity contribution in [1.82, 2.24) is 4.98 Å². The van der Waals surface area contributed by atoms with Crippen LogP contribution in [0.4, 0.5) is 14.6 Å². The molecule has 0 unspecified atom stereocenters. The first-order valence-corrected chi connectivity index (χ1v) is 7.29. The number of pyridine rings is 1. The van der Waals surface area contributed by atoms with Crippen LogP contribution in [-0.2, 0) is 0 Å². The van der Waals surface area contributed by atoms with E-state index in [-0.39, 0.29) is 6.54 Å². The fraction of sp³-hybridized carbons (Fsp3) is 0.357. The van der Waals surface area contributed by atoms with Crippen molar-refractivity contribution in [2.75, 3.05) is 30.4 Å². The van der Waals surface area contributed by atoms with Crippen LogP contribution in [0.5, 0.6) is 5.75 Å². The van der Waals surface area contributed by atoms with Crippen molar-refractivity contribution >= 4 is 32.5 Å². The van der Waals surface area contributed by atoms with Crippen molar-refractivity contribution in [3.05, 3.63) is 30.5 Å². The lowest BCUT2D eigenvalue weighted by atomic mass is 10.1. The van der Waals surface area contributed by atoms with Gasteiger partial charge in [-0.25, -0.2) is 13.8 Å². The second kappa shape index (κ2) is 6.83. The summed E-state index contributed by atoms with van der Waals surface area (Å²) in [6.45, 7) is 0.128. The molecule has 3 nitrogen and oxygen atoms in total. The molecule has 0 N–H and O–H groups in total. The van der Waals surface area contributed by atoms with Crippen LogP contribution in [0.3, 0.4) is 0 Å². The third-order valence-electron chi connectivity index (χ3n) is 2.96. The summed E-state index contributed by atoms with van der Waals surface area (Å²) in [7, 11) is 1.58. The fourth-order valence-electron chi connectivity index (χ4n) is 2.06. The molecule has 2 rings (SSSR count). The zero-order chi connectivity index (χ0) is 14.5. The van der Waals surface area contributed by atoms with E-state index < -0.39 is 6.43 Å². The van der Waals surface area contributed by atoms with Crippen molar-refractivity contribution in [3.8, 4) is 5.75 Å². The average Bonchev–Trinajstić information content (AvgIpc) is 2.45. The van der Waals surface area contributed by atoms with E-state index in [0.29, 0.717) is 23.4 Å². The zero-order valence-corrected chi connectivity index (χ0v) is 12.6. The van der Waals surface area contributed by atoms with Crippen LogP contribution in [-0.4, -0.2) is 36.9 Å². The van der Waals surface area contributed by atoms with Crippen LogP contribution in [0.25, 0.3) is 10.8 Å². The molecule has 1 aromatic carbocycles. The van der Waals surface area contributed by atoms with Gasteiger partial charge in [0.15, 0.2) is 0 Å². The molecule has 1 heterocycles. The van der Waals surface area contributed by atoms with Gasteiger partial charge in [-0.05, 0) is 23.6 Å². The van der Waals surface area contributed by atoms with Gasteiger partial charge in [-0.2, -0.15) is 0 Å². The normalized spacial score (nSPS) is 11.1. The van der Waals surface area contributed by atoms with Gasteiger partial charge in [0.1, 0.15) is 11.6 Å². The van der Waals surface area contributed by atoms with Crippen LogP contribution in [0.1, 0.15) is 0 Å². The van der Waals surface area contributed by atoms with Crippen molar-refractivity contribution in [1.29, 1.82) is 0 Å². The molecule has 0 aliphatic carbocycles. The molecular formula is C14H15BrF2N2O. The lowest BCUT2D eigenvalue weighted by Crippen LogP contribution is -2.31. The maximum atomic E-state index is 12.7. The minimum Gasteiger partial charge on any atom is -0.497 e. The maximum absolute atomic E-state index is 12.7. The zero-order valence-electron chi connectivity index (χ0n) is 11.0. The number of aromatic nitrogens is 1. The molecule has 0 fully saturated rings. The van der Waals surface area contributed by atoms with Gasteiger partial charge in [-0.1, -0.05) is 22.0 Å². The van der Waals surface area contributed by atoms with Gasteiger partial charge in [-0.3, -0.25) is 0 Å². The number of hydrogen-bond acceptors (Lipinski definition) is 3. The SMILES string of the molecule is COc1ccc2ccnc(N(CCBr)CC(F)F)c2c1. The number of ether oxygens (including phenoxy) is 1. The third kappa shape index (κ3) is 3.36. The molecule has 0 atom stereocenters. The Morgan fingerprint density at radius 1 is 1.35 bits per heavy atom. The molecular weight excluding hydrogens is 330 g/mol. The minimum atomic E-state index is -2.41. The van der Waals surface area contributed by atoms with E-state index in [0.717, 1.165) is 10.8 Å². The monoisotopic (exact) mass is 344 g/mol. The number of rotatable bonds is 6. The van der Waals surface area contributed by atoms with Crippen molar-refractivity contribution in [2.45, 2.75) is 6.43 Å². The molecule has 0 aliphatic heterocycles. The Kier molecular flexibility index (Phi) is 5.11. The van der Waals surface area contributed by atoms with E-state index in [9.17, 15) is 8.78 Å². The Balaban J connectivity index is 2.49. The predicted octanol–water partition coefficient (Wildman–Crippen LogP) is 3.71. The van der Waals surface area contributed by atoms with Crippen LogP contribution in [0.15, 0.2) is 30.5 Å². The summed E-state index contributed by atoms with van der Waals surface area (Å²) in [5, 5.41) is 2.36. The first-order valence-electron chi connectivity index (χ1n) is 6.17. The summed E-state index contributed by atoms with van der Waals surface area (Å²) in [6, 6.07) is 7.42. The highest BCUT2D eigenvalue weighted by Crippen LogP contribution is 2.28. The Morgan fingerprint density at radius 2 is 2.15 bits per heavy atom. The Bertz CT molecular complexity index is 580. The lowest BCUT2D eigenvalue weighted by molar-refractivity contribution is 0.155. The van der Waals surface area contributed by atoms with E-state index in [1.54, 1.807) is 18.2 Å². The average molecular weight is 345 g/mol. The first-order chi connectivity index (χ1) is 9.65. The van der Waals surface area contributed by atoms with E-state index >= 15 is 0 Å². The van der Waals surface area contributed by atoms with Gasteiger partial charge in [0.25, 0.3) is 6.43 Å². The maximum Gasteiger partial charge on any atom is 0.255 e. The van der Waals surface area contributed by atoms with Crippen molar-refractivity contribution < 1.29 is 13.5 Å². The molecule has 6 heteroatoms. The minimum absolute atomic E-state index is 0.338. The van der Waals surface area contributed by atoms with Gasteiger partial charge in [-0.15, -0.1) is 0 Å². The Morgan fingerprint density at radius 3 is 2.80 bits per heavy atom. The summed E-state index contributed by atoms with van der Waals surface area (Å²) < 4.78 is 30.7. The molecule has 0 spiro atoms. The number of methoxy groups -OCH3 is 1. The van der Waals surface area contributed by atoms with Crippen LogP contribution < -0.4 is 9.64 Å². The second-order valence-corrected chi connectivity index (χ2v) is 5.04.